The summed E-state index contributed by atoms with van der Waals surface area (Å²) in [7, 11) is 0. The van der Waals surface area contributed by atoms with Crippen LogP contribution in [0, 0.1) is 0 Å². The zero-order chi connectivity index (χ0) is 26.4. The zero-order valence-electron chi connectivity index (χ0n) is 21.6. The molecule has 1 amide bonds. The second-order valence-corrected chi connectivity index (χ2v) is 9.64. The van der Waals surface area contributed by atoms with E-state index in [2.05, 4.69) is 70.5 Å². The highest BCUT2D eigenvalue weighted by molar-refractivity contribution is 6.05. The van der Waals surface area contributed by atoms with Crippen molar-refractivity contribution in [2.45, 2.75) is 19.4 Å². The summed E-state index contributed by atoms with van der Waals surface area (Å²) in [5.41, 5.74) is 7.91. The number of anilines is 1. The lowest BCUT2D eigenvalue weighted by molar-refractivity contribution is 0.102. The topological polar surface area (TPSA) is 46.9 Å². The van der Waals surface area contributed by atoms with Gasteiger partial charge in [-0.2, -0.15) is 0 Å². The molecular weight excluding hydrogens is 478 g/mol. The smallest absolute Gasteiger partial charge is 0.255 e. The second-order valence-electron chi connectivity index (χ2n) is 9.64. The average Bonchev–Trinajstić information content (AvgIpc) is 3.36. The lowest BCUT2D eigenvalue weighted by Crippen LogP contribution is -2.11. The van der Waals surface area contributed by atoms with E-state index in [0.29, 0.717) is 5.56 Å². The number of carbonyl (C=O) groups excluding carboxylic acids is 1. The zero-order valence-corrected chi connectivity index (χ0v) is 21.6. The summed E-state index contributed by atoms with van der Waals surface area (Å²) < 4.78 is 2.29. The van der Waals surface area contributed by atoms with Crippen LogP contribution in [0.3, 0.4) is 0 Å². The molecule has 0 aliphatic rings. The number of aromatic nitrogens is 2. The number of nitrogens with one attached hydrogen (secondary N) is 1. The van der Waals surface area contributed by atoms with Crippen molar-refractivity contribution in [3.63, 3.8) is 0 Å². The van der Waals surface area contributed by atoms with Crippen LogP contribution in [0.2, 0.25) is 0 Å². The molecule has 0 unspecified atom stereocenters. The van der Waals surface area contributed by atoms with Crippen LogP contribution in [-0.4, -0.2) is 15.5 Å². The fourth-order valence-electron chi connectivity index (χ4n) is 4.98. The lowest BCUT2D eigenvalue weighted by Gasteiger charge is -2.10. The molecule has 0 aliphatic heterocycles. The Balaban J connectivity index is 1.24. The van der Waals surface area contributed by atoms with Gasteiger partial charge < -0.3 is 9.88 Å². The molecule has 0 spiro atoms. The number of imidazole rings is 1. The minimum atomic E-state index is -0.139. The highest BCUT2D eigenvalue weighted by atomic mass is 16.1. The van der Waals surface area contributed by atoms with E-state index in [4.69, 9.17) is 4.98 Å². The number of fused-ring (bicyclic) bond motifs is 1. The molecule has 0 saturated carbocycles. The average molecular weight is 508 g/mol. The van der Waals surface area contributed by atoms with Crippen LogP contribution in [0.1, 0.15) is 22.3 Å². The molecule has 1 N–H and O–H groups in total. The minimum absolute atomic E-state index is 0.139. The SMILES string of the molecule is O=C(Nc1ccc2c(c1)nc(-c1ccccc1)n2CCCc1ccccc1)c1ccc(-c2ccccc2)cc1. The van der Waals surface area contributed by atoms with Gasteiger partial charge in [0.15, 0.2) is 0 Å². The van der Waals surface area contributed by atoms with E-state index in [1.54, 1.807) is 0 Å². The summed E-state index contributed by atoms with van der Waals surface area (Å²) in [6.45, 7) is 0.856. The molecule has 1 heterocycles. The van der Waals surface area contributed by atoms with Gasteiger partial charge in [0.1, 0.15) is 5.82 Å². The molecule has 0 atom stereocenters. The van der Waals surface area contributed by atoms with Crippen molar-refractivity contribution >= 4 is 22.6 Å². The predicted octanol–water partition coefficient (Wildman–Crippen LogP) is 8.26. The molecule has 4 heteroatoms. The molecule has 6 rings (SSSR count). The first-order valence-corrected chi connectivity index (χ1v) is 13.3. The van der Waals surface area contributed by atoms with E-state index in [-0.39, 0.29) is 5.91 Å². The number of hydrogen-bond acceptors (Lipinski definition) is 2. The summed E-state index contributed by atoms with van der Waals surface area (Å²) in [6, 6.07) is 44.7. The van der Waals surface area contributed by atoms with Gasteiger partial charge in [-0.05, 0) is 59.9 Å². The quantitative estimate of drug-likeness (QED) is 0.225. The van der Waals surface area contributed by atoms with Crippen molar-refractivity contribution in [3.05, 3.63) is 145 Å². The van der Waals surface area contributed by atoms with Crippen molar-refractivity contribution in [2.24, 2.45) is 0 Å². The Morgan fingerprint density at radius 2 is 1.28 bits per heavy atom. The molecule has 1 aromatic heterocycles. The van der Waals surface area contributed by atoms with Crippen LogP contribution in [0.5, 0.6) is 0 Å². The highest BCUT2D eigenvalue weighted by Gasteiger charge is 2.14. The Morgan fingerprint density at radius 3 is 1.97 bits per heavy atom. The minimum Gasteiger partial charge on any atom is -0.324 e. The van der Waals surface area contributed by atoms with Crippen molar-refractivity contribution in [1.29, 1.82) is 0 Å². The number of nitrogens with zero attached hydrogens (tertiary/aromatic N) is 2. The Hall–Kier alpha value is -4.96. The Morgan fingerprint density at radius 1 is 0.667 bits per heavy atom. The fraction of sp³-hybridized carbons (Fsp3) is 0.0857. The largest absolute Gasteiger partial charge is 0.324 e. The summed E-state index contributed by atoms with van der Waals surface area (Å²) in [6.07, 6.45) is 2.01. The van der Waals surface area contributed by atoms with E-state index < -0.39 is 0 Å². The maximum Gasteiger partial charge on any atom is 0.255 e. The summed E-state index contributed by atoms with van der Waals surface area (Å²) in [5.74, 6) is 0.804. The number of rotatable bonds is 8. The van der Waals surface area contributed by atoms with Gasteiger partial charge in [0, 0.05) is 23.4 Å². The molecule has 5 aromatic carbocycles. The summed E-state index contributed by atoms with van der Waals surface area (Å²) in [5, 5.41) is 3.05. The van der Waals surface area contributed by atoms with Crippen molar-refractivity contribution in [3.8, 4) is 22.5 Å². The standard InChI is InChI=1S/C35H29N3O/c39-35(30-20-18-28(19-21-30)27-14-6-2-7-15-27)36-31-22-23-33-32(25-31)37-34(29-16-8-3-9-17-29)38(33)24-10-13-26-11-4-1-5-12-26/h1-9,11-12,14-23,25H,10,13,24H2,(H,36,39). The lowest BCUT2D eigenvalue weighted by atomic mass is 10.0. The Bertz CT molecular complexity index is 1690. The molecule has 0 fully saturated rings. The van der Waals surface area contributed by atoms with E-state index >= 15 is 0 Å². The third-order valence-electron chi connectivity index (χ3n) is 6.98. The van der Waals surface area contributed by atoms with Gasteiger partial charge >= 0.3 is 0 Å². The fourth-order valence-corrected chi connectivity index (χ4v) is 4.98. The van der Waals surface area contributed by atoms with Gasteiger partial charge in [-0.25, -0.2) is 4.98 Å². The third-order valence-corrected chi connectivity index (χ3v) is 6.98. The number of hydrogen-bond donors (Lipinski definition) is 1. The second kappa shape index (κ2) is 11.2. The van der Waals surface area contributed by atoms with Crippen molar-refractivity contribution < 1.29 is 4.79 Å². The van der Waals surface area contributed by atoms with Crippen LogP contribution >= 0.6 is 0 Å². The van der Waals surface area contributed by atoms with E-state index in [1.807, 2.05) is 72.8 Å². The first-order chi connectivity index (χ1) is 19.2. The van der Waals surface area contributed by atoms with Crippen LogP contribution in [0.25, 0.3) is 33.5 Å². The number of carbonyl (C=O) groups is 1. The first-order valence-electron chi connectivity index (χ1n) is 13.3. The molecule has 190 valence electrons. The van der Waals surface area contributed by atoms with Gasteiger partial charge in [-0.3, -0.25) is 4.79 Å². The van der Waals surface area contributed by atoms with Crippen LogP contribution < -0.4 is 5.32 Å². The van der Waals surface area contributed by atoms with Gasteiger partial charge in [0.05, 0.1) is 11.0 Å². The van der Waals surface area contributed by atoms with Crippen molar-refractivity contribution in [2.75, 3.05) is 5.32 Å². The van der Waals surface area contributed by atoms with E-state index in [1.165, 1.54) is 5.56 Å². The number of benzene rings is 5. The predicted molar refractivity (Wildman–Crippen MR) is 160 cm³/mol. The van der Waals surface area contributed by atoms with Crippen LogP contribution in [0.15, 0.2) is 133 Å². The van der Waals surface area contributed by atoms with E-state index in [9.17, 15) is 4.79 Å². The molecule has 6 aromatic rings. The molecule has 0 aliphatic carbocycles. The molecule has 0 saturated heterocycles. The number of aryl methyl sites for hydroxylation is 2. The molecule has 0 radical (unpaired) electrons. The summed E-state index contributed by atoms with van der Waals surface area (Å²) in [4.78, 5) is 18.0. The van der Waals surface area contributed by atoms with Crippen molar-refractivity contribution in [1.82, 2.24) is 9.55 Å². The van der Waals surface area contributed by atoms with Crippen LogP contribution in [-0.2, 0) is 13.0 Å². The van der Waals surface area contributed by atoms with Gasteiger partial charge in [0.25, 0.3) is 5.91 Å². The van der Waals surface area contributed by atoms with E-state index in [0.717, 1.165) is 58.6 Å². The number of amides is 1. The van der Waals surface area contributed by atoms with Gasteiger partial charge in [-0.15, -0.1) is 0 Å². The first kappa shape index (κ1) is 24.4. The Kier molecular flexibility index (Phi) is 7.00. The highest BCUT2D eigenvalue weighted by Crippen LogP contribution is 2.28. The maximum atomic E-state index is 13.0. The van der Waals surface area contributed by atoms with Crippen LogP contribution in [0.4, 0.5) is 5.69 Å². The maximum absolute atomic E-state index is 13.0. The van der Waals surface area contributed by atoms with Gasteiger partial charge in [-0.1, -0.05) is 103 Å². The third kappa shape index (κ3) is 5.51. The molecule has 0 bridgehead atoms. The van der Waals surface area contributed by atoms with Gasteiger partial charge in [0.2, 0.25) is 0 Å². The summed E-state index contributed by atoms with van der Waals surface area (Å²) >= 11 is 0. The molecule has 39 heavy (non-hydrogen) atoms. The normalized spacial score (nSPS) is 11.0. The Labute approximate surface area is 228 Å². The molecule has 4 nitrogen and oxygen atoms in total. The monoisotopic (exact) mass is 507 g/mol. The molecular formula is C35H29N3O.